The van der Waals surface area contributed by atoms with Crippen molar-refractivity contribution in [2.75, 3.05) is 26.1 Å². The molecule has 0 radical (unpaired) electrons. The summed E-state index contributed by atoms with van der Waals surface area (Å²) in [7, 11) is 1.22. The number of rotatable bonds is 4. The van der Waals surface area contributed by atoms with E-state index in [4.69, 9.17) is 38.9 Å². The van der Waals surface area contributed by atoms with Crippen molar-refractivity contribution in [3.05, 3.63) is 66.0 Å². The topological polar surface area (TPSA) is 185 Å². The SMILES string of the molecule is C=C1C[C@H](O)C[C@@H]2CCC[C@H](C[C@@H]3CCO[C@H](/C=C/C(C)(C)[C@]4(O)OC(C/C(=C\C(=O)OC)[C@@H]4OC(=O)c4cccc(N)c4)CC(CO)O1)O3)O2. The number of carbonyl (C=O) groups is 2. The lowest BCUT2D eigenvalue weighted by atomic mass is 9.74. The van der Waals surface area contributed by atoms with Crippen LogP contribution in [0.2, 0.25) is 0 Å². The molecule has 4 aliphatic heterocycles. The summed E-state index contributed by atoms with van der Waals surface area (Å²) in [6, 6.07) is 6.20. The molecule has 0 aliphatic carbocycles. The van der Waals surface area contributed by atoms with Crippen LogP contribution in [0.3, 0.4) is 0 Å². The second-order valence-electron chi connectivity index (χ2n) is 14.5. The van der Waals surface area contributed by atoms with Crippen LogP contribution in [0.25, 0.3) is 0 Å². The number of carbonyl (C=O) groups excluding carboxylic acids is 2. The maximum absolute atomic E-state index is 13.6. The van der Waals surface area contributed by atoms with Gasteiger partial charge in [0.25, 0.3) is 0 Å². The highest BCUT2D eigenvalue weighted by molar-refractivity contribution is 5.91. The number of fused-ring (bicyclic) bond motifs is 6. The molecule has 0 spiro atoms. The van der Waals surface area contributed by atoms with Crippen LogP contribution in [-0.2, 0) is 38.0 Å². The molecular formula is C38H53NO12. The summed E-state index contributed by atoms with van der Waals surface area (Å²) in [5.74, 6) is -3.53. The predicted octanol–water partition coefficient (Wildman–Crippen LogP) is 3.85. The highest BCUT2D eigenvalue weighted by atomic mass is 16.7. The zero-order valence-corrected chi connectivity index (χ0v) is 29.7. The van der Waals surface area contributed by atoms with E-state index in [1.54, 1.807) is 38.1 Å². The highest BCUT2D eigenvalue weighted by Crippen LogP contribution is 2.47. The van der Waals surface area contributed by atoms with Crippen molar-refractivity contribution >= 4 is 17.6 Å². The lowest BCUT2D eigenvalue weighted by Crippen LogP contribution is -2.62. The Hall–Kier alpha value is -3.30. The fourth-order valence-corrected chi connectivity index (χ4v) is 7.27. The zero-order chi connectivity index (χ0) is 36.8. The van der Waals surface area contributed by atoms with Gasteiger partial charge in [-0.15, -0.1) is 0 Å². The molecular weight excluding hydrogens is 662 g/mol. The van der Waals surface area contributed by atoms with Gasteiger partial charge in [0, 0.05) is 30.0 Å². The molecule has 0 aromatic heterocycles. The second kappa shape index (κ2) is 17.0. The van der Waals surface area contributed by atoms with Crippen molar-refractivity contribution in [3.8, 4) is 0 Å². The van der Waals surface area contributed by atoms with Crippen molar-refractivity contribution in [1.82, 2.24) is 0 Å². The molecule has 282 valence electrons. The number of aliphatic hydroxyl groups is 3. The van der Waals surface area contributed by atoms with Crippen LogP contribution in [0.1, 0.15) is 82.0 Å². The number of ether oxygens (including phenoxy) is 7. The molecule has 3 saturated heterocycles. The van der Waals surface area contributed by atoms with E-state index in [2.05, 4.69) is 6.58 Å². The minimum absolute atomic E-state index is 0.0117. The summed E-state index contributed by atoms with van der Waals surface area (Å²) in [6.07, 6.45) is 4.23. The molecule has 5 rings (SSSR count). The molecule has 1 aromatic rings. The standard InChI is InChI=1S/C38H53NO12/c1-23-15-27(41)19-28-9-6-10-29(48-28)20-30-12-14-46-34(49-30)11-13-37(2,3)38(44)35(50-36(43)24-7-5-8-26(39)16-24)25(18-33(42)45-4)17-31(51-38)21-32(22-40)47-23/h5,7-8,11,13,16,18,27-32,34-35,40-41,44H,1,6,9-10,12,14-15,17,19-22,39H2,2-4H3/b13-11+,25-18+/t27-,28-,29+,30-,31?,32?,34-,35-,38+/m0/s1. The van der Waals surface area contributed by atoms with Gasteiger partial charge < -0.3 is 54.2 Å². The van der Waals surface area contributed by atoms with Crippen LogP contribution >= 0.6 is 0 Å². The Morgan fingerprint density at radius 3 is 2.53 bits per heavy atom. The molecule has 0 saturated carbocycles. The Morgan fingerprint density at radius 2 is 1.80 bits per heavy atom. The smallest absolute Gasteiger partial charge is 0.339 e. The van der Waals surface area contributed by atoms with E-state index in [0.717, 1.165) is 19.3 Å². The first-order chi connectivity index (χ1) is 24.3. The molecule has 1 aromatic carbocycles. The average Bonchev–Trinajstić information content (AvgIpc) is 3.08. The largest absolute Gasteiger partial charge is 0.493 e. The number of anilines is 1. The summed E-state index contributed by atoms with van der Waals surface area (Å²) in [5, 5.41) is 34.0. The van der Waals surface area contributed by atoms with Crippen LogP contribution in [0.15, 0.2) is 60.4 Å². The highest BCUT2D eigenvalue weighted by Gasteiger charge is 2.57. The van der Waals surface area contributed by atoms with Gasteiger partial charge in [-0.3, -0.25) is 0 Å². The molecule has 3 fully saturated rings. The Balaban J connectivity index is 1.52. The summed E-state index contributed by atoms with van der Waals surface area (Å²) in [4.78, 5) is 26.3. The number of esters is 2. The first kappa shape index (κ1) is 38.9. The fraction of sp³-hybridized carbons (Fsp3) is 0.632. The molecule has 6 bridgehead atoms. The van der Waals surface area contributed by atoms with E-state index in [-0.39, 0.29) is 54.5 Å². The molecule has 4 heterocycles. The molecule has 2 unspecified atom stereocenters. The minimum atomic E-state index is -2.28. The van der Waals surface area contributed by atoms with Gasteiger partial charge in [-0.2, -0.15) is 0 Å². The van der Waals surface area contributed by atoms with E-state index >= 15 is 0 Å². The quantitative estimate of drug-likeness (QED) is 0.153. The fourth-order valence-electron chi connectivity index (χ4n) is 7.27. The van der Waals surface area contributed by atoms with Crippen LogP contribution in [0.5, 0.6) is 0 Å². The summed E-state index contributed by atoms with van der Waals surface area (Å²) in [6.45, 7) is 7.43. The molecule has 0 amide bonds. The molecule has 9 atom stereocenters. The van der Waals surface area contributed by atoms with Crippen molar-refractivity contribution in [2.45, 2.75) is 126 Å². The Bertz CT molecular complexity index is 1440. The van der Waals surface area contributed by atoms with E-state index < -0.39 is 60.5 Å². The molecule has 51 heavy (non-hydrogen) atoms. The average molecular weight is 716 g/mol. The third-order valence-electron chi connectivity index (χ3n) is 10.0. The number of aliphatic hydroxyl groups excluding tert-OH is 2. The maximum Gasteiger partial charge on any atom is 0.339 e. The lowest BCUT2D eigenvalue weighted by Gasteiger charge is -2.51. The van der Waals surface area contributed by atoms with Crippen molar-refractivity contribution in [2.24, 2.45) is 5.41 Å². The Morgan fingerprint density at radius 1 is 1.06 bits per heavy atom. The van der Waals surface area contributed by atoms with Crippen LogP contribution in [0, 0.1) is 5.41 Å². The summed E-state index contributed by atoms with van der Waals surface area (Å²) >= 11 is 0. The van der Waals surface area contributed by atoms with E-state index in [9.17, 15) is 24.9 Å². The maximum atomic E-state index is 13.6. The van der Waals surface area contributed by atoms with Gasteiger partial charge in [-0.05, 0) is 74.8 Å². The van der Waals surface area contributed by atoms with Crippen molar-refractivity contribution in [3.63, 3.8) is 0 Å². The second-order valence-corrected chi connectivity index (χ2v) is 14.5. The van der Waals surface area contributed by atoms with Crippen molar-refractivity contribution < 1.29 is 58.1 Å². The molecule has 5 N–H and O–H groups in total. The minimum Gasteiger partial charge on any atom is -0.493 e. The zero-order valence-electron chi connectivity index (χ0n) is 29.7. The number of nitrogen functional groups attached to an aromatic ring is 1. The van der Waals surface area contributed by atoms with Gasteiger partial charge >= 0.3 is 11.9 Å². The third kappa shape index (κ3) is 9.98. The lowest BCUT2D eigenvalue weighted by molar-refractivity contribution is -0.324. The first-order valence-electron chi connectivity index (χ1n) is 17.8. The van der Waals surface area contributed by atoms with E-state index in [1.165, 1.54) is 25.3 Å². The van der Waals surface area contributed by atoms with Crippen LogP contribution in [-0.4, -0.2) is 102 Å². The van der Waals surface area contributed by atoms with Gasteiger partial charge in [0.15, 0.2) is 12.4 Å². The van der Waals surface area contributed by atoms with Gasteiger partial charge in [-0.1, -0.05) is 32.6 Å². The normalized spacial score (nSPS) is 36.3. The first-order valence-corrected chi connectivity index (χ1v) is 17.8. The monoisotopic (exact) mass is 715 g/mol. The molecule has 4 aliphatic rings. The summed E-state index contributed by atoms with van der Waals surface area (Å²) < 4.78 is 42.1. The number of hydrogen-bond donors (Lipinski definition) is 4. The van der Waals surface area contributed by atoms with Crippen LogP contribution in [0.4, 0.5) is 5.69 Å². The number of methoxy groups -OCH3 is 1. The molecule has 13 heteroatoms. The van der Waals surface area contributed by atoms with Crippen molar-refractivity contribution in [1.29, 1.82) is 0 Å². The van der Waals surface area contributed by atoms with Gasteiger partial charge in [0.1, 0.15) is 6.10 Å². The predicted molar refractivity (Wildman–Crippen MR) is 185 cm³/mol. The number of benzene rings is 1. The molecule has 13 nitrogen and oxygen atoms in total. The summed E-state index contributed by atoms with van der Waals surface area (Å²) in [5.41, 5.74) is 5.31. The van der Waals surface area contributed by atoms with E-state index in [1.807, 2.05) is 0 Å². The third-order valence-corrected chi connectivity index (χ3v) is 10.0. The Labute approximate surface area is 299 Å². The van der Waals surface area contributed by atoms with Gasteiger partial charge in [0.2, 0.25) is 5.79 Å². The van der Waals surface area contributed by atoms with Gasteiger partial charge in [0.05, 0.1) is 62.2 Å². The van der Waals surface area contributed by atoms with E-state index in [0.29, 0.717) is 31.6 Å². The van der Waals surface area contributed by atoms with Crippen LogP contribution < -0.4 is 5.73 Å². The number of nitrogens with two attached hydrogens (primary N) is 1. The number of hydrogen-bond acceptors (Lipinski definition) is 13. The Kier molecular flexibility index (Phi) is 13.0. The van der Waals surface area contributed by atoms with Gasteiger partial charge in [-0.25, -0.2) is 9.59 Å².